The number of ketones is 2. The molecule has 0 bridgehead atoms. The molecule has 1 aromatic heterocycles. The van der Waals surface area contributed by atoms with Crippen LogP contribution in [0.3, 0.4) is 0 Å². The van der Waals surface area contributed by atoms with Gasteiger partial charge in [-0.3, -0.25) is 9.59 Å². The SMILES string of the molecule is CC(=O)CCCOc1cc2c(cc1Cl)-c1cc(=O)c(C(C)=O)cn1C(C(C)C)CO2. The molecule has 2 aromatic rings. The van der Waals surface area contributed by atoms with Crippen LogP contribution < -0.4 is 14.9 Å². The molecular formula is C23H26ClNO5. The zero-order valence-electron chi connectivity index (χ0n) is 17.7. The Bertz CT molecular complexity index is 1040. The number of halogens is 1. The first kappa shape index (κ1) is 22.1. The molecule has 1 atom stereocenters. The molecule has 6 nitrogen and oxygen atoms in total. The van der Waals surface area contributed by atoms with Crippen molar-refractivity contribution in [1.82, 2.24) is 4.57 Å². The van der Waals surface area contributed by atoms with Crippen LogP contribution in [-0.2, 0) is 4.79 Å². The molecule has 3 rings (SSSR count). The van der Waals surface area contributed by atoms with Gasteiger partial charge in [-0.2, -0.15) is 0 Å². The number of hydrogen-bond donors (Lipinski definition) is 0. The van der Waals surface area contributed by atoms with E-state index in [1.54, 1.807) is 25.3 Å². The van der Waals surface area contributed by atoms with Crippen LogP contribution in [0.1, 0.15) is 56.9 Å². The number of carbonyl (C=O) groups excluding carboxylic acids is 2. The zero-order chi connectivity index (χ0) is 22.0. The lowest BCUT2D eigenvalue weighted by Gasteiger charge is -2.24. The molecule has 7 heteroatoms. The van der Waals surface area contributed by atoms with Gasteiger partial charge in [0.15, 0.2) is 11.2 Å². The molecule has 0 amide bonds. The molecule has 0 saturated carbocycles. The number of benzene rings is 1. The van der Waals surface area contributed by atoms with Crippen LogP contribution >= 0.6 is 11.6 Å². The number of rotatable bonds is 7. The van der Waals surface area contributed by atoms with E-state index in [1.807, 2.05) is 4.57 Å². The van der Waals surface area contributed by atoms with E-state index in [0.29, 0.717) is 53.8 Å². The molecule has 0 aliphatic carbocycles. The van der Waals surface area contributed by atoms with Gasteiger partial charge in [0.1, 0.15) is 23.9 Å². The highest BCUT2D eigenvalue weighted by Crippen LogP contribution is 2.42. The summed E-state index contributed by atoms with van der Waals surface area (Å²) in [4.78, 5) is 35.6. The van der Waals surface area contributed by atoms with Gasteiger partial charge >= 0.3 is 0 Å². The highest BCUT2D eigenvalue weighted by atomic mass is 35.5. The van der Waals surface area contributed by atoms with Gasteiger partial charge in [0, 0.05) is 30.3 Å². The normalized spacial score (nSPS) is 15.1. The van der Waals surface area contributed by atoms with E-state index in [-0.39, 0.29) is 34.5 Å². The molecule has 0 saturated heterocycles. The van der Waals surface area contributed by atoms with Gasteiger partial charge in [0.25, 0.3) is 0 Å². The van der Waals surface area contributed by atoms with Crippen LogP contribution in [0.5, 0.6) is 11.5 Å². The summed E-state index contributed by atoms with van der Waals surface area (Å²) >= 11 is 6.45. The van der Waals surface area contributed by atoms with Crippen LogP contribution in [0, 0.1) is 5.92 Å². The van der Waals surface area contributed by atoms with Gasteiger partial charge in [-0.15, -0.1) is 0 Å². The van der Waals surface area contributed by atoms with Crippen molar-refractivity contribution in [1.29, 1.82) is 0 Å². The van der Waals surface area contributed by atoms with Crippen molar-refractivity contribution < 1.29 is 19.1 Å². The molecule has 160 valence electrons. The highest BCUT2D eigenvalue weighted by molar-refractivity contribution is 6.32. The third-order valence-electron chi connectivity index (χ3n) is 5.24. The summed E-state index contributed by atoms with van der Waals surface area (Å²) in [5.74, 6) is 1.08. The minimum atomic E-state index is -0.329. The van der Waals surface area contributed by atoms with E-state index < -0.39 is 0 Å². The Kier molecular flexibility index (Phi) is 6.66. The molecule has 0 spiro atoms. The maximum Gasteiger partial charge on any atom is 0.192 e. The maximum absolute atomic E-state index is 12.6. The van der Waals surface area contributed by atoms with E-state index >= 15 is 0 Å². The summed E-state index contributed by atoms with van der Waals surface area (Å²) in [5, 5.41) is 0.387. The number of carbonyl (C=O) groups is 2. The number of fused-ring (bicyclic) bond motifs is 3. The first-order valence-corrected chi connectivity index (χ1v) is 10.4. The predicted molar refractivity (Wildman–Crippen MR) is 116 cm³/mol. The third-order valence-corrected chi connectivity index (χ3v) is 5.53. The minimum absolute atomic E-state index is 0.0650. The maximum atomic E-state index is 12.6. The third kappa shape index (κ3) is 4.59. The fourth-order valence-electron chi connectivity index (χ4n) is 3.54. The van der Waals surface area contributed by atoms with Crippen molar-refractivity contribution in [3.8, 4) is 22.8 Å². The molecule has 0 N–H and O–H groups in total. The fraction of sp³-hybridized carbons (Fsp3) is 0.435. The van der Waals surface area contributed by atoms with Gasteiger partial charge in [0.05, 0.1) is 28.9 Å². The van der Waals surface area contributed by atoms with Crippen molar-refractivity contribution in [3.63, 3.8) is 0 Å². The van der Waals surface area contributed by atoms with Crippen molar-refractivity contribution in [2.45, 2.75) is 46.6 Å². The summed E-state index contributed by atoms with van der Waals surface area (Å²) < 4.78 is 13.8. The van der Waals surface area contributed by atoms with Gasteiger partial charge in [0.2, 0.25) is 0 Å². The Hall–Kier alpha value is -2.60. The molecular weight excluding hydrogens is 406 g/mol. The van der Waals surface area contributed by atoms with Crippen molar-refractivity contribution >= 4 is 23.2 Å². The smallest absolute Gasteiger partial charge is 0.192 e. The Morgan fingerprint density at radius 3 is 2.63 bits per heavy atom. The first-order valence-electron chi connectivity index (χ1n) is 10.0. The Morgan fingerprint density at radius 2 is 2.00 bits per heavy atom. The molecule has 1 aliphatic rings. The molecule has 1 aromatic carbocycles. The Balaban J connectivity index is 2.05. The van der Waals surface area contributed by atoms with Crippen molar-refractivity contribution in [2.24, 2.45) is 5.92 Å². The van der Waals surface area contributed by atoms with Gasteiger partial charge in [-0.05, 0) is 32.3 Å². The van der Waals surface area contributed by atoms with E-state index in [0.717, 1.165) is 0 Å². The van der Waals surface area contributed by atoms with Gasteiger partial charge < -0.3 is 18.8 Å². The summed E-state index contributed by atoms with van der Waals surface area (Å²) in [6.07, 6.45) is 2.68. The summed E-state index contributed by atoms with van der Waals surface area (Å²) in [6, 6.07) is 4.86. The fourth-order valence-corrected chi connectivity index (χ4v) is 3.76. The van der Waals surface area contributed by atoms with Crippen LogP contribution in [-0.4, -0.2) is 29.3 Å². The second-order valence-electron chi connectivity index (χ2n) is 7.96. The van der Waals surface area contributed by atoms with Crippen LogP contribution in [0.2, 0.25) is 5.02 Å². The molecule has 0 radical (unpaired) electrons. The van der Waals surface area contributed by atoms with E-state index in [4.69, 9.17) is 21.1 Å². The number of Topliss-reactive ketones (excluding diaryl/α,β-unsaturated/α-hetero) is 2. The van der Waals surface area contributed by atoms with E-state index in [2.05, 4.69) is 13.8 Å². The molecule has 1 unspecified atom stereocenters. The van der Waals surface area contributed by atoms with Crippen molar-refractivity contribution in [2.75, 3.05) is 13.2 Å². The van der Waals surface area contributed by atoms with Crippen LogP contribution in [0.25, 0.3) is 11.3 Å². The number of aromatic nitrogens is 1. The largest absolute Gasteiger partial charge is 0.492 e. The topological polar surface area (TPSA) is 74.6 Å². The highest BCUT2D eigenvalue weighted by Gasteiger charge is 2.27. The summed E-state index contributed by atoms with van der Waals surface area (Å²) in [5.41, 5.74) is 1.15. The van der Waals surface area contributed by atoms with Gasteiger partial charge in [-0.1, -0.05) is 25.4 Å². The second-order valence-corrected chi connectivity index (χ2v) is 8.36. The van der Waals surface area contributed by atoms with Crippen LogP contribution in [0.15, 0.2) is 29.2 Å². The zero-order valence-corrected chi connectivity index (χ0v) is 18.4. The van der Waals surface area contributed by atoms with Crippen LogP contribution in [0.4, 0.5) is 0 Å². The first-order chi connectivity index (χ1) is 14.2. The standard InChI is InChI=1S/C23H26ClNO5/c1-13(2)20-12-30-22-10-23(29-7-5-6-14(3)26)18(24)8-16(22)19-9-21(28)17(15(4)27)11-25(19)20/h8-11,13,20H,5-7,12H2,1-4H3. The van der Waals surface area contributed by atoms with Crippen molar-refractivity contribution in [3.05, 3.63) is 45.2 Å². The lowest BCUT2D eigenvalue weighted by Crippen LogP contribution is -2.25. The van der Waals surface area contributed by atoms with E-state index in [1.165, 1.54) is 13.0 Å². The number of pyridine rings is 1. The monoisotopic (exact) mass is 431 g/mol. The molecule has 1 aliphatic heterocycles. The lowest BCUT2D eigenvalue weighted by molar-refractivity contribution is -0.117. The Morgan fingerprint density at radius 1 is 1.27 bits per heavy atom. The van der Waals surface area contributed by atoms with E-state index in [9.17, 15) is 14.4 Å². The predicted octanol–water partition coefficient (Wildman–Crippen LogP) is 4.71. The lowest BCUT2D eigenvalue weighted by atomic mass is 10.0. The number of nitrogens with zero attached hydrogens (tertiary/aromatic N) is 1. The average molecular weight is 432 g/mol. The minimum Gasteiger partial charge on any atom is -0.492 e. The number of hydrogen-bond acceptors (Lipinski definition) is 5. The molecule has 30 heavy (non-hydrogen) atoms. The number of ether oxygens (including phenoxy) is 2. The second kappa shape index (κ2) is 9.04. The quantitative estimate of drug-likeness (QED) is 0.469. The summed E-state index contributed by atoms with van der Waals surface area (Å²) in [7, 11) is 0. The average Bonchev–Trinajstić information content (AvgIpc) is 2.81. The Labute approximate surface area is 180 Å². The summed E-state index contributed by atoms with van der Waals surface area (Å²) in [6.45, 7) is 7.81. The molecule has 2 heterocycles. The van der Waals surface area contributed by atoms with Gasteiger partial charge in [-0.25, -0.2) is 0 Å². The molecule has 0 fully saturated rings.